The van der Waals surface area contributed by atoms with E-state index in [9.17, 15) is 9.18 Å². The van der Waals surface area contributed by atoms with Crippen molar-refractivity contribution in [2.75, 3.05) is 32.8 Å². The molecule has 0 spiro atoms. The van der Waals surface area contributed by atoms with Gasteiger partial charge in [-0.3, -0.25) is 4.79 Å². The maximum atomic E-state index is 14.4. The molecule has 5 nitrogen and oxygen atoms in total. The fourth-order valence-electron chi connectivity index (χ4n) is 2.29. The van der Waals surface area contributed by atoms with Gasteiger partial charge in [-0.1, -0.05) is 6.07 Å². The van der Waals surface area contributed by atoms with Crippen LogP contribution in [0.15, 0.2) is 18.3 Å². The molecule has 6 heteroatoms. The minimum atomic E-state index is -1.22. The minimum absolute atomic E-state index is 0.296. The second-order valence-corrected chi connectivity index (χ2v) is 5.49. The van der Waals surface area contributed by atoms with Crippen LogP contribution in [0.1, 0.15) is 18.4 Å². The Balaban J connectivity index is 1.61. The Bertz CT molecular complexity index is 445. The molecule has 0 aromatic carbocycles. The molecular formula is C15H22FN3O2. The smallest absolute Gasteiger partial charge is 0.213 e. The van der Waals surface area contributed by atoms with Crippen molar-refractivity contribution in [1.82, 2.24) is 15.2 Å². The van der Waals surface area contributed by atoms with Crippen LogP contribution in [0, 0.1) is 6.92 Å². The fourth-order valence-corrected chi connectivity index (χ4v) is 2.29. The lowest BCUT2D eigenvalue weighted by Gasteiger charge is -2.34. The fraction of sp³-hybridized carbons (Fsp3) is 0.600. The maximum absolute atomic E-state index is 14.4. The van der Waals surface area contributed by atoms with Crippen molar-refractivity contribution in [2.45, 2.75) is 25.4 Å². The van der Waals surface area contributed by atoms with E-state index in [4.69, 9.17) is 4.74 Å². The van der Waals surface area contributed by atoms with E-state index in [0.717, 1.165) is 12.0 Å². The topological polar surface area (TPSA) is 54.5 Å². The summed E-state index contributed by atoms with van der Waals surface area (Å²) in [7, 11) is 0. The zero-order chi connectivity index (χ0) is 15.1. The first-order valence-electron chi connectivity index (χ1n) is 7.26. The van der Waals surface area contributed by atoms with E-state index in [1.807, 2.05) is 19.1 Å². The van der Waals surface area contributed by atoms with E-state index in [0.29, 0.717) is 51.5 Å². The van der Waals surface area contributed by atoms with E-state index in [1.54, 1.807) is 11.1 Å². The largest absolute Gasteiger partial charge is 0.476 e. The van der Waals surface area contributed by atoms with Gasteiger partial charge in [0.15, 0.2) is 0 Å². The van der Waals surface area contributed by atoms with Crippen LogP contribution in [0.5, 0.6) is 5.88 Å². The number of rotatable bonds is 7. The van der Waals surface area contributed by atoms with Crippen LogP contribution in [0.25, 0.3) is 0 Å². The second kappa shape index (κ2) is 7.36. The Morgan fingerprint density at radius 2 is 2.24 bits per heavy atom. The molecule has 1 N–H and O–H groups in total. The molecule has 1 aromatic rings. The van der Waals surface area contributed by atoms with Crippen LogP contribution in [0.4, 0.5) is 4.39 Å². The highest BCUT2D eigenvalue weighted by Crippen LogP contribution is 2.25. The third-order valence-corrected chi connectivity index (χ3v) is 3.70. The van der Waals surface area contributed by atoms with Gasteiger partial charge in [0.05, 0.1) is 0 Å². The van der Waals surface area contributed by atoms with Crippen molar-refractivity contribution in [3.63, 3.8) is 0 Å². The Kier molecular flexibility index (Phi) is 5.50. The van der Waals surface area contributed by atoms with Gasteiger partial charge < -0.3 is 15.0 Å². The summed E-state index contributed by atoms with van der Waals surface area (Å²) < 4.78 is 19.9. The molecule has 21 heavy (non-hydrogen) atoms. The monoisotopic (exact) mass is 295 g/mol. The number of carbonyl (C=O) groups excluding carboxylic acids is 1. The average molecular weight is 295 g/mol. The average Bonchev–Trinajstić information content (AvgIpc) is 2.50. The molecule has 1 aromatic heterocycles. The Hall–Kier alpha value is -1.69. The number of likely N-dealkylation sites (tertiary alicyclic amines) is 1. The van der Waals surface area contributed by atoms with Crippen molar-refractivity contribution in [2.24, 2.45) is 0 Å². The number of aromatic nitrogens is 1. The van der Waals surface area contributed by atoms with Crippen molar-refractivity contribution < 1.29 is 13.9 Å². The standard InChI is InChI=1S/C15H22FN3O2/c1-13-2-3-14(18-10-13)21-9-6-17-11-15(16)4-7-19(12-20)8-5-15/h2-3,10,12,17H,4-9,11H2,1H3. The van der Waals surface area contributed by atoms with Gasteiger partial charge in [-0.15, -0.1) is 0 Å². The van der Waals surface area contributed by atoms with Gasteiger partial charge in [0.1, 0.15) is 12.3 Å². The number of amides is 1. The quantitative estimate of drug-likeness (QED) is 0.609. The van der Waals surface area contributed by atoms with E-state index >= 15 is 0 Å². The highest BCUT2D eigenvalue weighted by atomic mass is 19.1. The minimum Gasteiger partial charge on any atom is -0.476 e. The number of piperidine rings is 1. The number of halogens is 1. The molecular weight excluding hydrogens is 273 g/mol. The van der Waals surface area contributed by atoms with E-state index in [1.165, 1.54) is 0 Å². The molecule has 0 saturated carbocycles. The molecule has 0 aliphatic carbocycles. The summed E-state index contributed by atoms with van der Waals surface area (Å²) in [5.74, 6) is 0.580. The molecule has 2 heterocycles. The van der Waals surface area contributed by atoms with E-state index in [-0.39, 0.29) is 0 Å². The molecule has 0 atom stereocenters. The normalized spacial score (nSPS) is 17.5. The first kappa shape index (κ1) is 15.7. The van der Waals surface area contributed by atoms with Crippen molar-refractivity contribution in [1.29, 1.82) is 0 Å². The highest BCUT2D eigenvalue weighted by molar-refractivity contribution is 5.47. The molecule has 1 fully saturated rings. The number of aryl methyl sites for hydroxylation is 1. The van der Waals surface area contributed by atoms with Gasteiger partial charge >= 0.3 is 0 Å². The summed E-state index contributed by atoms with van der Waals surface area (Å²) in [4.78, 5) is 16.3. The van der Waals surface area contributed by atoms with Gasteiger partial charge in [-0.25, -0.2) is 9.37 Å². The van der Waals surface area contributed by atoms with Crippen LogP contribution in [0.2, 0.25) is 0 Å². The predicted octanol–water partition coefficient (Wildman–Crippen LogP) is 1.32. The number of ether oxygens (including phenoxy) is 1. The van der Waals surface area contributed by atoms with Gasteiger partial charge in [0.25, 0.3) is 0 Å². The lowest BCUT2D eigenvalue weighted by Crippen LogP contribution is -2.47. The maximum Gasteiger partial charge on any atom is 0.213 e. The number of hydrogen-bond acceptors (Lipinski definition) is 4. The summed E-state index contributed by atoms with van der Waals surface area (Å²) in [6.07, 6.45) is 3.31. The number of nitrogens with one attached hydrogen (secondary N) is 1. The summed E-state index contributed by atoms with van der Waals surface area (Å²) in [6.45, 7) is 4.27. The van der Waals surface area contributed by atoms with Crippen LogP contribution in [-0.2, 0) is 4.79 Å². The van der Waals surface area contributed by atoms with Crippen molar-refractivity contribution in [3.05, 3.63) is 23.9 Å². The molecule has 0 bridgehead atoms. The van der Waals surface area contributed by atoms with Gasteiger partial charge in [0.2, 0.25) is 12.3 Å². The van der Waals surface area contributed by atoms with Gasteiger partial charge in [-0.05, 0) is 12.5 Å². The summed E-state index contributed by atoms with van der Waals surface area (Å²) in [6, 6.07) is 3.76. The SMILES string of the molecule is Cc1ccc(OCCNCC2(F)CCN(C=O)CC2)nc1. The molecule has 1 aliphatic heterocycles. The number of nitrogens with zero attached hydrogens (tertiary/aromatic N) is 2. The number of alkyl halides is 1. The van der Waals surface area contributed by atoms with Gasteiger partial charge in [0, 0.05) is 51.3 Å². The van der Waals surface area contributed by atoms with Crippen LogP contribution < -0.4 is 10.1 Å². The molecule has 0 radical (unpaired) electrons. The lowest BCUT2D eigenvalue weighted by molar-refractivity contribution is -0.120. The summed E-state index contributed by atoms with van der Waals surface area (Å²) in [5.41, 5.74) is -0.136. The van der Waals surface area contributed by atoms with Crippen LogP contribution in [-0.4, -0.2) is 54.7 Å². The van der Waals surface area contributed by atoms with Crippen molar-refractivity contribution in [3.8, 4) is 5.88 Å². The zero-order valence-corrected chi connectivity index (χ0v) is 12.3. The summed E-state index contributed by atoms with van der Waals surface area (Å²) >= 11 is 0. The van der Waals surface area contributed by atoms with Gasteiger partial charge in [-0.2, -0.15) is 0 Å². The molecule has 116 valence electrons. The first-order valence-corrected chi connectivity index (χ1v) is 7.26. The lowest BCUT2D eigenvalue weighted by atomic mass is 9.93. The third kappa shape index (κ3) is 4.97. The first-order chi connectivity index (χ1) is 10.1. The second-order valence-electron chi connectivity index (χ2n) is 5.49. The molecule has 1 amide bonds. The molecule has 1 aliphatic rings. The van der Waals surface area contributed by atoms with Crippen molar-refractivity contribution >= 4 is 6.41 Å². The molecule has 2 rings (SSSR count). The number of hydrogen-bond donors (Lipinski definition) is 1. The van der Waals surface area contributed by atoms with E-state index in [2.05, 4.69) is 10.3 Å². The number of carbonyl (C=O) groups is 1. The Labute approximate surface area is 124 Å². The molecule has 1 saturated heterocycles. The predicted molar refractivity (Wildman–Crippen MR) is 78.0 cm³/mol. The number of pyridine rings is 1. The Morgan fingerprint density at radius 3 is 2.86 bits per heavy atom. The highest BCUT2D eigenvalue weighted by Gasteiger charge is 2.33. The van der Waals surface area contributed by atoms with E-state index < -0.39 is 5.67 Å². The zero-order valence-electron chi connectivity index (χ0n) is 12.3. The summed E-state index contributed by atoms with van der Waals surface area (Å²) in [5, 5.41) is 3.08. The third-order valence-electron chi connectivity index (χ3n) is 3.70. The molecule has 0 unspecified atom stereocenters. The Morgan fingerprint density at radius 1 is 1.48 bits per heavy atom. The van der Waals surface area contributed by atoms with Crippen LogP contribution in [0.3, 0.4) is 0 Å². The van der Waals surface area contributed by atoms with Crippen LogP contribution >= 0.6 is 0 Å².